The second-order valence-electron chi connectivity index (χ2n) is 1.30. The van der Waals surface area contributed by atoms with Crippen molar-refractivity contribution in [3.05, 3.63) is 0 Å². The van der Waals surface area contributed by atoms with Crippen LogP contribution in [-0.2, 0) is 7.01 Å². The minimum atomic E-state index is -4.61. The van der Waals surface area contributed by atoms with Gasteiger partial charge in [0.2, 0.25) is 7.01 Å². The molecule has 7 heteroatoms. The highest BCUT2D eigenvalue weighted by Crippen LogP contribution is 2.20. The zero-order chi connectivity index (χ0) is 7.71. The van der Waals surface area contributed by atoms with Crippen molar-refractivity contribution in [2.45, 2.75) is 6.18 Å². The first-order chi connectivity index (χ1) is 3.71. The van der Waals surface area contributed by atoms with Gasteiger partial charge in [-0.2, -0.15) is 13.2 Å². The minimum absolute atomic E-state index is 0.754. The van der Waals surface area contributed by atoms with Crippen LogP contribution in [-0.4, -0.2) is 20.3 Å². The standard InChI is InChI=1S/C2H2F3IO2S/c3-2(4,5)1-9(6,7)8/h1H2. The molecule has 0 unspecified atom stereocenters. The van der Waals surface area contributed by atoms with Crippen molar-refractivity contribution in [3.8, 4) is 0 Å². The van der Waals surface area contributed by atoms with Gasteiger partial charge in [0.25, 0.3) is 0 Å². The van der Waals surface area contributed by atoms with Crippen LogP contribution < -0.4 is 0 Å². The predicted octanol–water partition coefficient (Wildman–Crippen LogP) is 1.31. The Balaban J connectivity index is 4.07. The maximum absolute atomic E-state index is 11.2. The molecule has 0 aliphatic heterocycles. The maximum atomic E-state index is 11.2. The van der Waals surface area contributed by atoms with E-state index in [0.717, 1.165) is 21.2 Å². The number of hydrogen-bond donors (Lipinski definition) is 0. The first-order valence-electron chi connectivity index (χ1n) is 1.70. The van der Waals surface area contributed by atoms with Crippen LogP contribution in [0.15, 0.2) is 0 Å². The Morgan fingerprint density at radius 3 is 1.67 bits per heavy atom. The third-order valence-electron chi connectivity index (χ3n) is 0.336. The third kappa shape index (κ3) is 8.47. The quantitative estimate of drug-likeness (QED) is 0.533. The summed E-state index contributed by atoms with van der Waals surface area (Å²) in [5.41, 5.74) is 0. The molecule has 0 saturated heterocycles. The molecule has 0 aromatic heterocycles. The molecule has 0 fully saturated rings. The molecule has 0 aromatic rings. The van der Waals surface area contributed by atoms with Gasteiger partial charge in [0.15, 0.2) is 5.75 Å². The second kappa shape index (κ2) is 2.60. The lowest BCUT2D eigenvalue weighted by molar-refractivity contribution is -0.106. The Hall–Kier alpha value is 0.470. The van der Waals surface area contributed by atoms with Crippen LogP contribution in [0, 0.1) is 0 Å². The van der Waals surface area contributed by atoms with Crippen molar-refractivity contribution in [2.24, 2.45) is 0 Å². The molecule has 0 atom stereocenters. The highest BCUT2D eigenvalue weighted by atomic mass is 127. The largest absolute Gasteiger partial charge is 0.403 e. The molecule has 0 bridgehead atoms. The molecule has 0 spiro atoms. The number of alkyl halides is 3. The Labute approximate surface area is 61.9 Å². The van der Waals surface area contributed by atoms with Crippen molar-refractivity contribution >= 4 is 28.2 Å². The lowest BCUT2D eigenvalue weighted by atomic mass is 10.8. The van der Waals surface area contributed by atoms with E-state index in [-0.39, 0.29) is 0 Å². The molecular weight excluding hydrogens is 272 g/mol. The van der Waals surface area contributed by atoms with Crippen molar-refractivity contribution in [3.63, 3.8) is 0 Å². The fourth-order valence-electron chi connectivity index (χ4n) is 0.195. The zero-order valence-corrected chi connectivity index (χ0v) is 6.92. The van der Waals surface area contributed by atoms with E-state index in [0.29, 0.717) is 0 Å². The van der Waals surface area contributed by atoms with Gasteiger partial charge in [0.1, 0.15) is 0 Å². The monoisotopic (exact) mass is 274 g/mol. The van der Waals surface area contributed by atoms with Crippen LogP contribution >= 0.6 is 21.2 Å². The van der Waals surface area contributed by atoms with Crippen molar-refractivity contribution in [1.29, 1.82) is 0 Å². The van der Waals surface area contributed by atoms with Gasteiger partial charge in [0.05, 0.1) is 21.2 Å². The molecule has 0 heterocycles. The fraction of sp³-hybridized carbons (Fsp3) is 1.00. The number of rotatable bonds is 1. The van der Waals surface area contributed by atoms with E-state index in [4.69, 9.17) is 0 Å². The Morgan fingerprint density at radius 1 is 1.33 bits per heavy atom. The summed E-state index contributed by atoms with van der Waals surface area (Å²) >= 11 is 0.754. The Bertz CT molecular complexity index is 180. The van der Waals surface area contributed by atoms with Crippen molar-refractivity contribution < 1.29 is 21.6 Å². The van der Waals surface area contributed by atoms with Gasteiger partial charge in [-0.15, -0.1) is 0 Å². The second-order valence-corrected chi connectivity index (χ2v) is 6.69. The summed E-state index contributed by atoms with van der Waals surface area (Å²) in [5, 5.41) is 0. The van der Waals surface area contributed by atoms with E-state index >= 15 is 0 Å². The minimum Gasteiger partial charge on any atom is -0.218 e. The normalized spacial score (nSPS) is 13.8. The maximum Gasteiger partial charge on any atom is 0.403 e. The smallest absolute Gasteiger partial charge is 0.218 e. The van der Waals surface area contributed by atoms with E-state index < -0.39 is 18.9 Å². The summed E-state index contributed by atoms with van der Waals surface area (Å²) in [4.78, 5) is 0. The number of hydrogen-bond acceptors (Lipinski definition) is 2. The molecule has 9 heavy (non-hydrogen) atoms. The summed E-state index contributed by atoms with van der Waals surface area (Å²) in [6.07, 6.45) is -4.61. The van der Waals surface area contributed by atoms with Crippen LogP contribution in [0.3, 0.4) is 0 Å². The Morgan fingerprint density at radius 2 is 1.67 bits per heavy atom. The van der Waals surface area contributed by atoms with Gasteiger partial charge < -0.3 is 0 Å². The van der Waals surface area contributed by atoms with Crippen LogP contribution in [0.2, 0.25) is 0 Å². The molecule has 2 nitrogen and oxygen atoms in total. The predicted molar refractivity (Wildman–Crippen MR) is 33.9 cm³/mol. The summed E-state index contributed by atoms with van der Waals surface area (Å²) in [5.74, 6) is -1.75. The summed E-state index contributed by atoms with van der Waals surface area (Å²) in [7, 11) is -3.94. The highest BCUT2D eigenvalue weighted by Gasteiger charge is 2.33. The molecular formula is C2H2F3IO2S. The summed E-state index contributed by atoms with van der Waals surface area (Å²) in [6, 6.07) is 0. The summed E-state index contributed by atoms with van der Waals surface area (Å²) in [6.45, 7) is 0. The molecule has 0 radical (unpaired) electrons. The van der Waals surface area contributed by atoms with Crippen LogP contribution in [0.5, 0.6) is 0 Å². The van der Waals surface area contributed by atoms with Crippen molar-refractivity contribution in [2.75, 3.05) is 5.75 Å². The first kappa shape index (κ1) is 9.47. The van der Waals surface area contributed by atoms with E-state index in [9.17, 15) is 21.6 Å². The molecule has 0 N–H and O–H groups in total. The van der Waals surface area contributed by atoms with Crippen LogP contribution in [0.4, 0.5) is 13.2 Å². The molecule has 0 rings (SSSR count). The average Bonchev–Trinajstić information content (AvgIpc) is 1.14. The number of halogens is 4. The fourth-order valence-corrected chi connectivity index (χ4v) is 1.65. The molecule has 56 valence electrons. The molecule has 0 aliphatic carbocycles. The van der Waals surface area contributed by atoms with Crippen molar-refractivity contribution in [1.82, 2.24) is 0 Å². The average molecular weight is 274 g/mol. The molecule has 0 saturated carbocycles. The highest BCUT2D eigenvalue weighted by molar-refractivity contribution is 14.2. The zero-order valence-electron chi connectivity index (χ0n) is 3.94. The SMILES string of the molecule is O=S(=O)(I)CC(F)(F)F. The van der Waals surface area contributed by atoms with Gasteiger partial charge >= 0.3 is 6.18 Å². The molecule has 0 aromatic carbocycles. The topological polar surface area (TPSA) is 34.1 Å². The summed E-state index contributed by atoms with van der Waals surface area (Å²) < 4.78 is 53.3. The van der Waals surface area contributed by atoms with E-state index in [2.05, 4.69) is 0 Å². The van der Waals surface area contributed by atoms with Crippen LogP contribution in [0.1, 0.15) is 0 Å². The van der Waals surface area contributed by atoms with Gasteiger partial charge in [0, 0.05) is 0 Å². The van der Waals surface area contributed by atoms with Gasteiger partial charge in [-0.3, -0.25) is 0 Å². The van der Waals surface area contributed by atoms with Gasteiger partial charge in [-0.1, -0.05) is 0 Å². The molecule has 0 amide bonds. The van der Waals surface area contributed by atoms with E-state index in [1.807, 2.05) is 0 Å². The van der Waals surface area contributed by atoms with E-state index in [1.165, 1.54) is 0 Å². The third-order valence-corrected chi connectivity index (χ3v) is 1.94. The Kier molecular flexibility index (Phi) is 2.74. The molecule has 0 aliphatic rings. The van der Waals surface area contributed by atoms with Gasteiger partial charge in [-0.05, 0) is 0 Å². The lowest BCUT2D eigenvalue weighted by Crippen LogP contribution is -2.18. The van der Waals surface area contributed by atoms with Crippen LogP contribution in [0.25, 0.3) is 0 Å². The lowest BCUT2D eigenvalue weighted by Gasteiger charge is -2.00. The van der Waals surface area contributed by atoms with Gasteiger partial charge in [-0.25, -0.2) is 8.42 Å². The first-order valence-corrected chi connectivity index (χ1v) is 5.89. The van der Waals surface area contributed by atoms with E-state index in [1.54, 1.807) is 0 Å².